The maximum atomic E-state index is 5.25. The first-order valence-electron chi connectivity index (χ1n) is 7.78. The molecule has 3 heteroatoms. The number of hydrogen-bond acceptors (Lipinski definition) is 3. The van der Waals surface area contributed by atoms with Crippen molar-refractivity contribution in [3.8, 4) is 0 Å². The number of benzene rings is 1. The Morgan fingerprint density at radius 3 is 2.50 bits per heavy atom. The minimum atomic E-state index is 0.302. The molecule has 2 rings (SSSR count). The van der Waals surface area contributed by atoms with Gasteiger partial charge >= 0.3 is 0 Å². The van der Waals surface area contributed by atoms with E-state index in [1.807, 2.05) is 0 Å². The Hall–Kier alpha value is -0.900. The van der Waals surface area contributed by atoms with Crippen LogP contribution in [0.2, 0.25) is 0 Å². The van der Waals surface area contributed by atoms with Crippen LogP contribution in [0.1, 0.15) is 25.3 Å². The van der Waals surface area contributed by atoms with Gasteiger partial charge in [0, 0.05) is 25.6 Å². The molecular weight excluding hydrogens is 248 g/mol. The van der Waals surface area contributed by atoms with Crippen molar-refractivity contribution in [3.05, 3.63) is 35.9 Å². The molecule has 0 aliphatic carbocycles. The van der Waals surface area contributed by atoms with E-state index >= 15 is 0 Å². The lowest BCUT2D eigenvalue weighted by molar-refractivity contribution is 0.122. The summed E-state index contributed by atoms with van der Waals surface area (Å²) in [4.78, 5) is 2.53. The Balaban J connectivity index is 2.14. The number of piperidine rings is 1. The van der Waals surface area contributed by atoms with E-state index in [-0.39, 0.29) is 0 Å². The van der Waals surface area contributed by atoms with Crippen LogP contribution in [0.5, 0.6) is 0 Å². The zero-order chi connectivity index (χ0) is 14.3. The number of nitrogens with one attached hydrogen (secondary N) is 1. The molecule has 0 aromatic heterocycles. The second-order valence-electron chi connectivity index (χ2n) is 5.76. The van der Waals surface area contributed by atoms with E-state index in [9.17, 15) is 0 Å². The molecule has 20 heavy (non-hydrogen) atoms. The summed E-state index contributed by atoms with van der Waals surface area (Å²) in [5, 5.41) is 3.50. The molecule has 1 fully saturated rings. The van der Waals surface area contributed by atoms with Crippen LogP contribution in [0.3, 0.4) is 0 Å². The highest BCUT2D eigenvalue weighted by Gasteiger charge is 2.35. The first-order valence-corrected chi connectivity index (χ1v) is 7.78. The lowest BCUT2D eigenvalue weighted by Crippen LogP contribution is -2.48. The smallest absolute Gasteiger partial charge is 0.0589 e. The molecule has 0 atom stereocenters. The summed E-state index contributed by atoms with van der Waals surface area (Å²) < 4.78 is 5.25. The summed E-state index contributed by atoms with van der Waals surface area (Å²) in [7, 11) is 1.78. The first kappa shape index (κ1) is 15.5. The lowest BCUT2D eigenvalue weighted by atomic mass is 9.72. The lowest BCUT2D eigenvalue weighted by Gasteiger charge is -2.41. The van der Waals surface area contributed by atoms with Crippen LogP contribution in [-0.2, 0) is 10.2 Å². The molecule has 112 valence electrons. The fourth-order valence-electron chi connectivity index (χ4n) is 3.23. The average Bonchev–Trinajstić information content (AvgIpc) is 2.53. The minimum absolute atomic E-state index is 0.302. The van der Waals surface area contributed by atoms with E-state index in [1.54, 1.807) is 7.11 Å². The predicted molar refractivity (Wildman–Crippen MR) is 84.2 cm³/mol. The first-order chi connectivity index (χ1) is 9.80. The van der Waals surface area contributed by atoms with E-state index in [1.165, 1.54) is 18.4 Å². The largest absolute Gasteiger partial charge is 0.383 e. The second kappa shape index (κ2) is 7.77. The third-order valence-corrected chi connectivity index (χ3v) is 4.53. The van der Waals surface area contributed by atoms with Gasteiger partial charge in [-0.05, 0) is 38.0 Å². The normalized spacial score (nSPS) is 18.4. The van der Waals surface area contributed by atoms with Crippen molar-refractivity contribution < 1.29 is 4.74 Å². The van der Waals surface area contributed by atoms with Crippen LogP contribution < -0.4 is 5.32 Å². The van der Waals surface area contributed by atoms with Gasteiger partial charge in [-0.1, -0.05) is 37.3 Å². The van der Waals surface area contributed by atoms with Crippen molar-refractivity contribution in [2.75, 3.05) is 46.4 Å². The van der Waals surface area contributed by atoms with E-state index < -0.39 is 0 Å². The number of likely N-dealkylation sites (N-methyl/N-ethyl adjacent to an activating group) is 1. The van der Waals surface area contributed by atoms with Crippen molar-refractivity contribution in [3.63, 3.8) is 0 Å². The van der Waals surface area contributed by atoms with Gasteiger partial charge in [-0.2, -0.15) is 0 Å². The quantitative estimate of drug-likeness (QED) is 0.827. The summed E-state index contributed by atoms with van der Waals surface area (Å²) in [6.07, 6.45) is 2.45. The minimum Gasteiger partial charge on any atom is -0.383 e. The maximum Gasteiger partial charge on any atom is 0.0589 e. The van der Waals surface area contributed by atoms with E-state index in [0.717, 1.165) is 39.3 Å². The van der Waals surface area contributed by atoms with Crippen LogP contribution in [0.15, 0.2) is 30.3 Å². The number of nitrogens with zero attached hydrogens (tertiary/aromatic N) is 1. The molecule has 1 aromatic rings. The Kier molecular flexibility index (Phi) is 6.02. The van der Waals surface area contributed by atoms with Crippen LogP contribution in [0.25, 0.3) is 0 Å². The van der Waals surface area contributed by atoms with Crippen LogP contribution in [-0.4, -0.2) is 51.3 Å². The molecule has 1 aromatic carbocycles. The Morgan fingerprint density at radius 2 is 1.90 bits per heavy atom. The Morgan fingerprint density at radius 1 is 1.20 bits per heavy atom. The molecule has 0 spiro atoms. The Labute approximate surface area is 123 Å². The SMILES string of the molecule is CCN(CCOC)CC1(c2ccccc2)CCNCC1. The zero-order valence-corrected chi connectivity index (χ0v) is 12.9. The van der Waals surface area contributed by atoms with Crippen LogP contribution >= 0.6 is 0 Å². The van der Waals surface area contributed by atoms with Crippen molar-refractivity contribution in [2.45, 2.75) is 25.2 Å². The molecule has 1 N–H and O–H groups in total. The Bertz CT molecular complexity index is 374. The molecule has 1 aliphatic heterocycles. The molecule has 3 nitrogen and oxygen atoms in total. The molecule has 0 amide bonds. The van der Waals surface area contributed by atoms with Gasteiger partial charge in [0.1, 0.15) is 0 Å². The van der Waals surface area contributed by atoms with E-state index in [0.29, 0.717) is 5.41 Å². The fourth-order valence-corrected chi connectivity index (χ4v) is 3.23. The molecule has 1 aliphatic rings. The monoisotopic (exact) mass is 276 g/mol. The summed E-state index contributed by atoms with van der Waals surface area (Å²) in [5.74, 6) is 0. The fraction of sp³-hybridized carbons (Fsp3) is 0.647. The zero-order valence-electron chi connectivity index (χ0n) is 12.9. The average molecular weight is 276 g/mol. The molecule has 0 bridgehead atoms. The molecule has 0 unspecified atom stereocenters. The molecule has 1 saturated heterocycles. The number of hydrogen-bond donors (Lipinski definition) is 1. The summed E-state index contributed by atoms with van der Waals surface area (Å²) in [6, 6.07) is 11.1. The van der Waals surface area contributed by atoms with Gasteiger partial charge in [0.25, 0.3) is 0 Å². The van der Waals surface area contributed by atoms with Gasteiger partial charge in [-0.15, -0.1) is 0 Å². The van der Waals surface area contributed by atoms with Crippen LogP contribution in [0.4, 0.5) is 0 Å². The number of ether oxygens (including phenoxy) is 1. The topological polar surface area (TPSA) is 24.5 Å². The highest BCUT2D eigenvalue weighted by molar-refractivity contribution is 5.27. The van der Waals surface area contributed by atoms with Crippen molar-refractivity contribution >= 4 is 0 Å². The van der Waals surface area contributed by atoms with Crippen molar-refractivity contribution in [2.24, 2.45) is 0 Å². The highest BCUT2D eigenvalue weighted by Crippen LogP contribution is 2.34. The summed E-state index contributed by atoms with van der Waals surface area (Å²) in [6.45, 7) is 8.55. The number of methoxy groups -OCH3 is 1. The standard InChI is InChI=1S/C17H28N2O/c1-3-19(13-14-20-2)15-17(9-11-18-12-10-17)16-7-5-4-6-8-16/h4-8,18H,3,9-15H2,1-2H3. The van der Waals surface area contributed by atoms with Crippen molar-refractivity contribution in [1.29, 1.82) is 0 Å². The molecular formula is C17H28N2O. The van der Waals surface area contributed by atoms with Gasteiger partial charge in [0.15, 0.2) is 0 Å². The van der Waals surface area contributed by atoms with Gasteiger partial charge < -0.3 is 15.0 Å². The third-order valence-electron chi connectivity index (χ3n) is 4.53. The van der Waals surface area contributed by atoms with E-state index in [2.05, 4.69) is 47.5 Å². The summed E-state index contributed by atoms with van der Waals surface area (Å²) in [5.41, 5.74) is 1.80. The third kappa shape index (κ3) is 3.81. The van der Waals surface area contributed by atoms with Crippen molar-refractivity contribution in [1.82, 2.24) is 10.2 Å². The predicted octanol–water partition coefficient (Wildman–Crippen LogP) is 2.28. The van der Waals surface area contributed by atoms with Gasteiger partial charge in [0.05, 0.1) is 6.61 Å². The van der Waals surface area contributed by atoms with E-state index in [4.69, 9.17) is 4.74 Å². The van der Waals surface area contributed by atoms with Gasteiger partial charge in [-0.25, -0.2) is 0 Å². The van der Waals surface area contributed by atoms with Gasteiger partial charge in [-0.3, -0.25) is 0 Å². The van der Waals surface area contributed by atoms with Crippen LogP contribution in [0, 0.1) is 0 Å². The highest BCUT2D eigenvalue weighted by atomic mass is 16.5. The molecule has 0 radical (unpaired) electrons. The maximum absolute atomic E-state index is 5.25. The van der Waals surface area contributed by atoms with Gasteiger partial charge in [0.2, 0.25) is 0 Å². The second-order valence-corrected chi connectivity index (χ2v) is 5.76. The number of rotatable bonds is 7. The summed E-state index contributed by atoms with van der Waals surface area (Å²) >= 11 is 0. The molecule has 0 saturated carbocycles. The molecule has 1 heterocycles.